The summed E-state index contributed by atoms with van der Waals surface area (Å²) in [6.07, 6.45) is 6.82. The molecular formula is C12H20O. The Kier molecular flexibility index (Phi) is 6.03. The maximum absolute atomic E-state index is 5.36. The lowest BCUT2D eigenvalue weighted by Crippen LogP contribution is -2.02. The van der Waals surface area contributed by atoms with Crippen LogP contribution >= 0.6 is 0 Å². The standard InChI is InChI=1S/C12H20O/c1-6-8-9-11(4)12(13-5)10(3)7-2/h6,8-10H,1,7H2,2-5H3/b9-8-,12-11+. The molecule has 0 rings (SSSR count). The van der Waals surface area contributed by atoms with Crippen LogP contribution in [-0.4, -0.2) is 7.11 Å². The molecular weight excluding hydrogens is 160 g/mol. The topological polar surface area (TPSA) is 9.23 Å². The fourth-order valence-electron chi connectivity index (χ4n) is 1.23. The molecule has 0 aromatic carbocycles. The summed E-state index contributed by atoms with van der Waals surface area (Å²) in [5.41, 5.74) is 1.18. The van der Waals surface area contributed by atoms with Crippen LogP contribution in [-0.2, 0) is 4.74 Å². The molecule has 0 saturated carbocycles. The fraction of sp³-hybridized carbons (Fsp3) is 0.500. The number of ether oxygens (including phenoxy) is 1. The summed E-state index contributed by atoms with van der Waals surface area (Å²) in [5, 5.41) is 0. The fourth-order valence-corrected chi connectivity index (χ4v) is 1.23. The number of methoxy groups -OCH3 is 1. The van der Waals surface area contributed by atoms with Crippen LogP contribution in [0.4, 0.5) is 0 Å². The van der Waals surface area contributed by atoms with Gasteiger partial charge in [-0.05, 0) is 18.9 Å². The van der Waals surface area contributed by atoms with Crippen molar-refractivity contribution in [2.45, 2.75) is 27.2 Å². The maximum atomic E-state index is 5.36. The van der Waals surface area contributed by atoms with Crippen molar-refractivity contribution in [3.05, 3.63) is 36.1 Å². The molecule has 0 amide bonds. The molecule has 0 aromatic heterocycles. The Morgan fingerprint density at radius 2 is 2.15 bits per heavy atom. The van der Waals surface area contributed by atoms with Gasteiger partial charge in [0.05, 0.1) is 7.11 Å². The van der Waals surface area contributed by atoms with Gasteiger partial charge in [0, 0.05) is 5.92 Å². The first-order valence-corrected chi connectivity index (χ1v) is 4.71. The molecule has 0 aliphatic carbocycles. The molecule has 0 radical (unpaired) electrons. The normalized spacial score (nSPS) is 15.4. The van der Waals surface area contributed by atoms with E-state index in [-0.39, 0.29) is 0 Å². The van der Waals surface area contributed by atoms with Crippen LogP contribution in [0.5, 0.6) is 0 Å². The van der Waals surface area contributed by atoms with E-state index in [2.05, 4.69) is 27.4 Å². The lowest BCUT2D eigenvalue weighted by atomic mass is 10.0. The zero-order chi connectivity index (χ0) is 10.3. The van der Waals surface area contributed by atoms with Crippen molar-refractivity contribution in [1.82, 2.24) is 0 Å². The van der Waals surface area contributed by atoms with Gasteiger partial charge in [0.25, 0.3) is 0 Å². The molecule has 0 aliphatic heterocycles. The van der Waals surface area contributed by atoms with Gasteiger partial charge in [-0.2, -0.15) is 0 Å². The van der Waals surface area contributed by atoms with E-state index in [0.29, 0.717) is 5.92 Å². The van der Waals surface area contributed by atoms with Crippen LogP contribution in [0.15, 0.2) is 36.1 Å². The zero-order valence-corrected chi connectivity index (χ0v) is 9.13. The Hall–Kier alpha value is -0.980. The molecule has 0 bridgehead atoms. The second kappa shape index (κ2) is 6.53. The molecule has 1 unspecified atom stereocenters. The van der Waals surface area contributed by atoms with Gasteiger partial charge in [0.15, 0.2) is 0 Å². The van der Waals surface area contributed by atoms with Crippen molar-refractivity contribution in [3.63, 3.8) is 0 Å². The third-order valence-corrected chi connectivity index (χ3v) is 2.15. The molecule has 74 valence electrons. The Morgan fingerprint density at radius 1 is 1.54 bits per heavy atom. The van der Waals surface area contributed by atoms with E-state index in [1.54, 1.807) is 13.2 Å². The Balaban J connectivity index is 4.66. The van der Waals surface area contributed by atoms with Crippen molar-refractivity contribution < 1.29 is 4.74 Å². The Labute approximate surface area is 81.8 Å². The van der Waals surface area contributed by atoms with Gasteiger partial charge in [-0.1, -0.05) is 38.7 Å². The summed E-state index contributed by atoms with van der Waals surface area (Å²) >= 11 is 0. The molecule has 0 spiro atoms. The first kappa shape index (κ1) is 12.0. The van der Waals surface area contributed by atoms with Gasteiger partial charge in [-0.25, -0.2) is 0 Å². The van der Waals surface area contributed by atoms with Gasteiger partial charge in [-0.3, -0.25) is 0 Å². The minimum Gasteiger partial charge on any atom is -0.501 e. The summed E-state index contributed by atoms with van der Waals surface area (Å²) in [4.78, 5) is 0. The lowest BCUT2D eigenvalue weighted by molar-refractivity contribution is 0.241. The van der Waals surface area contributed by atoms with Crippen LogP contribution in [0.1, 0.15) is 27.2 Å². The van der Waals surface area contributed by atoms with Gasteiger partial charge in [0.1, 0.15) is 5.76 Å². The van der Waals surface area contributed by atoms with Gasteiger partial charge >= 0.3 is 0 Å². The third kappa shape index (κ3) is 3.97. The summed E-state index contributed by atoms with van der Waals surface area (Å²) < 4.78 is 5.36. The highest BCUT2D eigenvalue weighted by molar-refractivity contribution is 5.23. The van der Waals surface area contributed by atoms with Crippen molar-refractivity contribution in [3.8, 4) is 0 Å². The molecule has 0 N–H and O–H groups in total. The van der Waals surface area contributed by atoms with Gasteiger partial charge in [0.2, 0.25) is 0 Å². The summed E-state index contributed by atoms with van der Waals surface area (Å²) in [5.74, 6) is 1.56. The number of rotatable bonds is 5. The minimum absolute atomic E-state index is 0.486. The van der Waals surface area contributed by atoms with E-state index >= 15 is 0 Å². The molecule has 0 aromatic rings. The Morgan fingerprint density at radius 3 is 2.54 bits per heavy atom. The molecule has 1 heteroatoms. The average Bonchev–Trinajstić information content (AvgIpc) is 2.15. The Bertz CT molecular complexity index is 211. The van der Waals surface area contributed by atoms with E-state index in [0.717, 1.165) is 12.2 Å². The summed E-state index contributed by atoms with van der Waals surface area (Å²) in [6, 6.07) is 0. The number of allylic oxidation sites excluding steroid dienone is 5. The second-order valence-corrected chi connectivity index (χ2v) is 3.16. The molecule has 0 heterocycles. The first-order valence-electron chi connectivity index (χ1n) is 4.71. The number of hydrogen-bond acceptors (Lipinski definition) is 1. The van der Waals surface area contributed by atoms with Crippen LogP contribution < -0.4 is 0 Å². The second-order valence-electron chi connectivity index (χ2n) is 3.16. The molecule has 0 fully saturated rings. The predicted octanol–water partition coefficient (Wildman–Crippen LogP) is 3.70. The molecule has 1 atom stereocenters. The van der Waals surface area contributed by atoms with E-state index < -0.39 is 0 Å². The molecule has 1 nitrogen and oxygen atoms in total. The van der Waals surface area contributed by atoms with E-state index in [1.165, 1.54) is 5.57 Å². The van der Waals surface area contributed by atoms with Crippen molar-refractivity contribution in [2.75, 3.05) is 7.11 Å². The van der Waals surface area contributed by atoms with E-state index in [4.69, 9.17) is 4.74 Å². The monoisotopic (exact) mass is 180 g/mol. The number of hydrogen-bond donors (Lipinski definition) is 0. The predicted molar refractivity (Wildman–Crippen MR) is 58.5 cm³/mol. The third-order valence-electron chi connectivity index (χ3n) is 2.15. The zero-order valence-electron chi connectivity index (χ0n) is 9.13. The minimum atomic E-state index is 0.486. The van der Waals surface area contributed by atoms with Crippen LogP contribution in [0.3, 0.4) is 0 Å². The largest absolute Gasteiger partial charge is 0.501 e. The van der Waals surface area contributed by atoms with Crippen molar-refractivity contribution >= 4 is 0 Å². The summed E-state index contributed by atoms with van der Waals surface area (Å²) in [7, 11) is 1.73. The van der Waals surface area contributed by atoms with Crippen LogP contribution in [0, 0.1) is 5.92 Å². The quantitative estimate of drug-likeness (QED) is 0.463. The highest BCUT2D eigenvalue weighted by Crippen LogP contribution is 2.19. The molecule has 0 aliphatic rings. The van der Waals surface area contributed by atoms with Crippen LogP contribution in [0.25, 0.3) is 0 Å². The highest BCUT2D eigenvalue weighted by atomic mass is 16.5. The SMILES string of the molecule is C=C/C=C\C(C)=C(\OC)C(C)CC. The van der Waals surface area contributed by atoms with Crippen LogP contribution in [0.2, 0.25) is 0 Å². The van der Waals surface area contributed by atoms with E-state index in [1.807, 2.05) is 12.2 Å². The lowest BCUT2D eigenvalue weighted by Gasteiger charge is -2.14. The van der Waals surface area contributed by atoms with Gasteiger partial charge < -0.3 is 4.74 Å². The van der Waals surface area contributed by atoms with Crippen molar-refractivity contribution in [2.24, 2.45) is 5.92 Å². The van der Waals surface area contributed by atoms with Gasteiger partial charge in [-0.15, -0.1) is 0 Å². The summed E-state index contributed by atoms with van der Waals surface area (Å²) in [6.45, 7) is 10.0. The first-order chi connectivity index (χ1) is 6.17. The molecule has 0 saturated heterocycles. The molecule has 13 heavy (non-hydrogen) atoms. The smallest absolute Gasteiger partial charge is 0.101 e. The highest BCUT2D eigenvalue weighted by Gasteiger charge is 2.08. The maximum Gasteiger partial charge on any atom is 0.101 e. The van der Waals surface area contributed by atoms with E-state index in [9.17, 15) is 0 Å². The average molecular weight is 180 g/mol. The van der Waals surface area contributed by atoms with Crippen molar-refractivity contribution in [1.29, 1.82) is 0 Å².